The van der Waals surface area contributed by atoms with Crippen LogP contribution in [0.2, 0.25) is 0 Å². The Bertz CT molecular complexity index is 848. The Hall–Kier alpha value is -2.88. The van der Waals surface area contributed by atoms with Gasteiger partial charge in [-0.15, -0.1) is 0 Å². The summed E-state index contributed by atoms with van der Waals surface area (Å²) in [5.74, 6) is -1.19. The lowest BCUT2D eigenvalue weighted by atomic mass is 9.94. The number of benzene rings is 2. The molecule has 1 aliphatic heterocycles. The standard InChI is InChI=1S/C21H21NO3/c1-4-17(23)18-19(15-8-6-5-7-9-15)22(21(25)20(18)24)16-11-13(2)10-14(3)12-16/h5-12,19,24H,4H2,1-3H3. The topological polar surface area (TPSA) is 57.6 Å². The Morgan fingerprint density at radius 2 is 1.68 bits per heavy atom. The molecule has 0 spiro atoms. The van der Waals surface area contributed by atoms with Crippen molar-refractivity contribution in [3.63, 3.8) is 0 Å². The number of aliphatic hydroxyl groups is 1. The van der Waals surface area contributed by atoms with Gasteiger partial charge in [0.05, 0.1) is 11.6 Å². The van der Waals surface area contributed by atoms with Crippen LogP contribution in [0.4, 0.5) is 5.69 Å². The summed E-state index contributed by atoms with van der Waals surface area (Å²) in [5.41, 5.74) is 3.70. The van der Waals surface area contributed by atoms with E-state index in [4.69, 9.17) is 0 Å². The Kier molecular flexibility index (Phi) is 4.45. The van der Waals surface area contributed by atoms with Gasteiger partial charge in [-0.25, -0.2) is 0 Å². The Morgan fingerprint density at radius 1 is 1.08 bits per heavy atom. The van der Waals surface area contributed by atoms with Gasteiger partial charge in [0.25, 0.3) is 5.91 Å². The average Bonchev–Trinajstić information content (AvgIpc) is 2.86. The van der Waals surface area contributed by atoms with Crippen LogP contribution in [-0.2, 0) is 9.59 Å². The highest BCUT2D eigenvalue weighted by atomic mass is 16.3. The van der Waals surface area contributed by atoms with E-state index in [9.17, 15) is 14.7 Å². The molecule has 0 aromatic heterocycles. The van der Waals surface area contributed by atoms with E-state index in [1.807, 2.05) is 62.4 Å². The third-order valence-corrected chi connectivity index (χ3v) is 4.43. The molecule has 0 aliphatic carbocycles. The third-order valence-electron chi connectivity index (χ3n) is 4.43. The molecule has 1 atom stereocenters. The molecule has 2 aromatic carbocycles. The molecule has 1 amide bonds. The Labute approximate surface area is 147 Å². The van der Waals surface area contributed by atoms with Crippen LogP contribution in [0.25, 0.3) is 0 Å². The molecule has 2 aromatic rings. The van der Waals surface area contributed by atoms with Crippen molar-refractivity contribution in [1.29, 1.82) is 0 Å². The van der Waals surface area contributed by atoms with E-state index < -0.39 is 17.7 Å². The first-order valence-corrected chi connectivity index (χ1v) is 8.37. The summed E-state index contributed by atoms with van der Waals surface area (Å²) in [6, 6.07) is 14.6. The molecule has 4 nitrogen and oxygen atoms in total. The number of rotatable bonds is 4. The number of carbonyl (C=O) groups is 2. The van der Waals surface area contributed by atoms with Crippen LogP contribution in [0.15, 0.2) is 59.9 Å². The third kappa shape index (κ3) is 2.95. The van der Waals surface area contributed by atoms with Gasteiger partial charge < -0.3 is 5.11 Å². The van der Waals surface area contributed by atoms with Crippen LogP contribution in [0.1, 0.15) is 36.1 Å². The van der Waals surface area contributed by atoms with Crippen LogP contribution < -0.4 is 4.90 Å². The van der Waals surface area contributed by atoms with E-state index in [-0.39, 0.29) is 17.8 Å². The lowest BCUT2D eigenvalue weighted by molar-refractivity contribution is -0.118. The summed E-state index contributed by atoms with van der Waals surface area (Å²) >= 11 is 0. The van der Waals surface area contributed by atoms with Gasteiger partial charge in [0.2, 0.25) is 0 Å². The van der Waals surface area contributed by atoms with Gasteiger partial charge in [-0.1, -0.05) is 43.3 Å². The van der Waals surface area contributed by atoms with Gasteiger partial charge >= 0.3 is 0 Å². The molecule has 128 valence electrons. The quantitative estimate of drug-likeness (QED) is 0.912. The molecule has 0 saturated heterocycles. The fourth-order valence-electron chi connectivity index (χ4n) is 3.39. The normalized spacial score (nSPS) is 17.3. The van der Waals surface area contributed by atoms with Crippen LogP contribution in [-0.4, -0.2) is 16.8 Å². The molecule has 4 heteroatoms. The summed E-state index contributed by atoms with van der Waals surface area (Å²) in [4.78, 5) is 26.8. The molecular formula is C21H21NO3. The maximum atomic E-state index is 12.8. The number of nitrogens with zero attached hydrogens (tertiary/aromatic N) is 1. The zero-order valence-corrected chi connectivity index (χ0v) is 14.6. The minimum Gasteiger partial charge on any atom is -0.503 e. The van der Waals surface area contributed by atoms with Crippen LogP contribution in [0, 0.1) is 13.8 Å². The van der Waals surface area contributed by atoms with Crippen LogP contribution in [0.5, 0.6) is 0 Å². The average molecular weight is 335 g/mol. The molecule has 1 unspecified atom stereocenters. The number of aliphatic hydroxyl groups excluding tert-OH is 1. The molecule has 1 heterocycles. The highest BCUT2D eigenvalue weighted by Gasteiger charge is 2.43. The number of ketones is 1. The lowest BCUT2D eigenvalue weighted by Crippen LogP contribution is -2.31. The van der Waals surface area contributed by atoms with Crippen molar-refractivity contribution in [2.24, 2.45) is 0 Å². The molecule has 0 bridgehead atoms. The monoisotopic (exact) mass is 335 g/mol. The minimum atomic E-state index is -0.609. The summed E-state index contributed by atoms with van der Waals surface area (Å²) in [5, 5.41) is 10.4. The molecule has 3 rings (SSSR count). The molecule has 1 N–H and O–H groups in total. The summed E-state index contributed by atoms with van der Waals surface area (Å²) in [7, 11) is 0. The summed E-state index contributed by atoms with van der Waals surface area (Å²) in [6.45, 7) is 5.65. The number of hydrogen-bond donors (Lipinski definition) is 1. The molecule has 0 saturated carbocycles. The predicted octanol–water partition coefficient (Wildman–Crippen LogP) is 4.18. The summed E-state index contributed by atoms with van der Waals surface area (Å²) < 4.78 is 0. The number of aryl methyl sites for hydroxylation is 2. The highest BCUT2D eigenvalue weighted by molar-refractivity contribution is 6.16. The maximum Gasteiger partial charge on any atom is 0.294 e. The number of amides is 1. The maximum absolute atomic E-state index is 12.8. The first-order valence-electron chi connectivity index (χ1n) is 8.37. The van der Waals surface area contributed by atoms with Crippen molar-refractivity contribution in [3.05, 3.63) is 76.6 Å². The smallest absolute Gasteiger partial charge is 0.294 e. The minimum absolute atomic E-state index is 0.179. The second-order valence-electron chi connectivity index (χ2n) is 6.37. The van der Waals surface area contributed by atoms with Crippen molar-refractivity contribution < 1.29 is 14.7 Å². The van der Waals surface area contributed by atoms with Gasteiger partial charge in [0.1, 0.15) is 0 Å². The second kappa shape index (κ2) is 6.55. The van der Waals surface area contributed by atoms with Crippen molar-refractivity contribution in [2.75, 3.05) is 4.90 Å². The SMILES string of the molecule is CCC(=O)C1=C(O)C(=O)N(c2cc(C)cc(C)c2)C1c1ccccc1. The van der Waals surface area contributed by atoms with E-state index in [1.165, 1.54) is 4.90 Å². The fraction of sp³-hybridized carbons (Fsp3) is 0.238. The molecular weight excluding hydrogens is 314 g/mol. The van der Waals surface area contributed by atoms with E-state index in [2.05, 4.69) is 0 Å². The van der Waals surface area contributed by atoms with Crippen molar-refractivity contribution >= 4 is 17.4 Å². The highest BCUT2D eigenvalue weighted by Crippen LogP contribution is 2.41. The van der Waals surface area contributed by atoms with Gasteiger partial charge in [-0.2, -0.15) is 0 Å². The van der Waals surface area contributed by atoms with Gasteiger partial charge in [-0.05, 0) is 42.7 Å². The van der Waals surface area contributed by atoms with Gasteiger partial charge in [-0.3, -0.25) is 14.5 Å². The first kappa shape index (κ1) is 17.0. The largest absolute Gasteiger partial charge is 0.503 e. The van der Waals surface area contributed by atoms with Crippen molar-refractivity contribution in [1.82, 2.24) is 0 Å². The number of hydrogen-bond acceptors (Lipinski definition) is 3. The number of carbonyl (C=O) groups excluding carboxylic acids is 2. The zero-order valence-electron chi connectivity index (χ0n) is 14.6. The Balaban J connectivity index is 2.20. The summed E-state index contributed by atoms with van der Waals surface area (Å²) in [6.07, 6.45) is 0.233. The predicted molar refractivity (Wildman–Crippen MR) is 97.5 cm³/mol. The van der Waals surface area contributed by atoms with E-state index >= 15 is 0 Å². The molecule has 0 radical (unpaired) electrons. The fourth-order valence-corrected chi connectivity index (χ4v) is 3.39. The van der Waals surface area contributed by atoms with Crippen LogP contribution >= 0.6 is 0 Å². The second-order valence-corrected chi connectivity index (χ2v) is 6.37. The number of Topliss-reactive ketones (excluding diaryl/α,β-unsaturated/α-hetero) is 1. The first-order chi connectivity index (χ1) is 11.9. The molecule has 1 aliphatic rings. The van der Waals surface area contributed by atoms with E-state index in [0.29, 0.717) is 5.69 Å². The van der Waals surface area contributed by atoms with Crippen molar-refractivity contribution in [2.45, 2.75) is 33.2 Å². The molecule has 25 heavy (non-hydrogen) atoms. The van der Waals surface area contributed by atoms with E-state index in [1.54, 1.807) is 6.92 Å². The van der Waals surface area contributed by atoms with Crippen molar-refractivity contribution in [3.8, 4) is 0 Å². The lowest BCUT2D eigenvalue weighted by Gasteiger charge is -2.27. The van der Waals surface area contributed by atoms with Gasteiger partial charge in [0.15, 0.2) is 11.5 Å². The zero-order chi connectivity index (χ0) is 18.1. The Morgan fingerprint density at radius 3 is 2.24 bits per heavy atom. The van der Waals surface area contributed by atoms with E-state index in [0.717, 1.165) is 16.7 Å². The van der Waals surface area contributed by atoms with Gasteiger partial charge in [0, 0.05) is 12.1 Å². The molecule has 0 fully saturated rings. The van der Waals surface area contributed by atoms with Crippen LogP contribution in [0.3, 0.4) is 0 Å². The number of anilines is 1.